The van der Waals surface area contributed by atoms with E-state index in [0.717, 1.165) is 5.56 Å². The predicted molar refractivity (Wildman–Crippen MR) is 111 cm³/mol. The fourth-order valence-corrected chi connectivity index (χ4v) is 2.87. The Morgan fingerprint density at radius 2 is 1.33 bits per heavy atom. The second-order valence-electron chi connectivity index (χ2n) is 6.55. The number of carbonyl (C=O) groups is 2. The number of hydrogen-bond donors (Lipinski definition) is 0. The summed E-state index contributed by atoms with van der Waals surface area (Å²) in [7, 11) is 0. The Morgan fingerprint density at radius 3 is 1.93 bits per heavy atom. The van der Waals surface area contributed by atoms with Gasteiger partial charge < -0.3 is 9.15 Å². The number of ether oxygens (including phenoxy) is 1. The Morgan fingerprint density at radius 1 is 0.767 bits per heavy atom. The van der Waals surface area contributed by atoms with Gasteiger partial charge in [-0.1, -0.05) is 25.1 Å². The Kier molecular flexibility index (Phi) is 5.48. The van der Waals surface area contributed by atoms with Gasteiger partial charge in [0, 0.05) is 23.1 Å². The lowest BCUT2D eigenvalue weighted by molar-refractivity contribution is 0.0734. The van der Waals surface area contributed by atoms with E-state index in [1.165, 1.54) is 0 Å². The van der Waals surface area contributed by atoms with Crippen LogP contribution in [0.3, 0.4) is 0 Å². The number of carbonyl (C=O) groups excluding carboxylic acids is 2. The predicted octanol–water partition coefficient (Wildman–Crippen LogP) is 5.22. The Labute approximate surface area is 173 Å². The van der Waals surface area contributed by atoms with Crippen molar-refractivity contribution in [1.29, 1.82) is 0 Å². The zero-order valence-corrected chi connectivity index (χ0v) is 16.2. The standard InChI is InChI=1S/C24H18N2O4/c1-2-21(27)16-12-14-20(15-13-16)29-24(28)19-10-8-18(9-11-19)23-26-25-22(30-23)17-6-4-3-5-7-17/h3-15H,2H2,1H3. The molecule has 4 rings (SSSR count). The molecule has 0 atom stereocenters. The van der Waals surface area contributed by atoms with Crippen molar-refractivity contribution in [3.63, 3.8) is 0 Å². The van der Waals surface area contributed by atoms with Gasteiger partial charge in [-0.05, 0) is 60.7 Å². The number of esters is 1. The molecule has 0 unspecified atom stereocenters. The van der Waals surface area contributed by atoms with Gasteiger partial charge in [0.25, 0.3) is 0 Å². The zero-order chi connectivity index (χ0) is 20.9. The Bertz CT molecular complexity index is 1160. The van der Waals surface area contributed by atoms with Crippen molar-refractivity contribution >= 4 is 11.8 Å². The highest BCUT2D eigenvalue weighted by Crippen LogP contribution is 2.24. The van der Waals surface area contributed by atoms with Crippen LogP contribution in [-0.4, -0.2) is 21.9 Å². The summed E-state index contributed by atoms with van der Waals surface area (Å²) < 4.78 is 11.1. The summed E-state index contributed by atoms with van der Waals surface area (Å²) in [6.45, 7) is 1.80. The van der Waals surface area contributed by atoms with Gasteiger partial charge in [-0.15, -0.1) is 10.2 Å². The summed E-state index contributed by atoms with van der Waals surface area (Å²) in [5.74, 6) is 0.719. The van der Waals surface area contributed by atoms with Crippen molar-refractivity contribution in [3.8, 4) is 28.7 Å². The molecular formula is C24H18N2O4. The molecule has 6 heteroatoms. The van der Waals surface area contributed by atoms with Gasteiger partial charge in [-0.2, -0.15) is 0 Å². The number of nitrogens with zero attached hydrogens (tertiary/aromatic N) is 2. The van der Waals surface area contributed by atoms with Gasteiger partial charge in [-0.25, -0.2) is 4.79 Å². The van der Waals surface area contributed by atoms with Crippen LogP contribution in [-0.2, 0) is 0 Å². The highest BCUT2D eigenvalue weighted by atomic mass is 16.5. The van der Waals surface area contributed by atoms with Gasteiger partial charge in [0.1, 0.15) is 5.75 Å². The molecule has 1 heterocycles. The van der Waals surface area contributed by atoms with Crippen LogP contribution in [0.2, 0.25) is 0 Å². The fraction of sp³-hybridized carbons (Fsp3) is 0.0833. The first-order valence-corrected chi connectivity index (χ1v) is 9.49. The molecule has 0 spiro atoms. The first kappa shape index (κ1) is 19.3. The number of Topliss-reactive ketones (excluding diaryl/α,β-unsaturated/α-hetero) is 1. The molecule has 0 fully saturated rings. The van der Waals surface area contributed by atoms with E-state index in [9.17, 15) is 9.59 Å². The molecule has 0 radical (unpaired) electrons. The molecule has 4 aromatic rings. The van der Waals surface area contributed by atoms with Gasteiger partial charge in [0.2, 0.25) is 11.8 Å². The van der Waals surface area contributed by atoms with E-state index in [4.69, 9.17) is 9.15 Å². The number of benzene rings is 3. The number of rotatable bonds is 6. The van der Waals surface area contributed by atoms with Crippen LogP contribution in [0.15, 0.2) is 83.3 Å². The molecule has 30 heavy (non-hydrogen) atoms. The summed E-state index contributed by atoms with van der Waals surface area (Å²) in [4.78, 5) is 24.1. The Hall–Kier alpha value is -4.06. The Balaban J connectivity index is 1.45. The van der Waals surface area contributed by atoms with Crippen molar-refractivity contribution in [2.45, 2.75) is 13.3 Å². The van der Waals surface area contributed by atoms with Gasteiger partial charge in [0.15, 0.2) is 5.78 Å². The van der Waals surface area contributed by atoms with Crippen LogP contribution in [0.5, 0.6) is 5.75 Å². The summed E-state index contributed by atoms with van der Waals surface area (Å²) in [5, 5.41) is 8.14. The maximum Gasteiger partial charge on any atom is 0.343 e. The third kappa shape index (κ3) is 4.17. The monoisotopic (exact) mass is 398 g/mol. The van der Waals surface area contributed by atoms with Crippen LogP contribution < -0.4 is 4.74 Å². The summed E-state index contributed by atoms with van der Waals surface area (Å²) in [6, 6.07) is 22.7. The van der Waals surface area contributed by atoms with E-state index in [1.807, 2.05) is 30.3 Å². The highest BCUT2D eigenvalue weighted by molar-refractivity contribution is 5.96. The largest absolute Gasteiger partial charge is 0.423 e. The molecule has 3 aromatic carbocycles. The maximum atomic E-state index is 12.4. The van der Waals surface area contributed by atoms with Crippen molar-refractivity contribution in [2.24, 2.45) is 0 Å². The quantitative estimate of drug-likeness (QED) is 0.252. The molecule has 0 aliphatic rings. The minimum atomic E-state index is -0.494. The minimum Gasteiger partial charge on any atom is -0.423 e. The molecule has 0 bridgehead atoms. The molecule has 0 saturated carbocycles. The topological polar surface area (TPSA) is 82.3 Å². The third-order valence-electron chi connectivity index (χ3n) is 4.52. The lowest BCUT2D eigenvalue weighted by Crippen LogP contribution is -2.08. The van der Waals surface area contributed by atoms with E-state index in [0.29, 0.717) is 40.6 Å². The van der Waals surface area contributed by atoms with Crippen LogP contribution >= 0.6 is 0 Å². The molecule has 0 aliphatic heterocycles. The van der Waals surface area contributed by atoms with Gasteiger partial charge >= 0.3 is 5.97 Å². The minimum absolute atomic E-state index is 0.0416. The highest BCUT2D eigenvalue weighted by Gasteiger charge is 2.13. The van der Waals surface area contributed by atoms with Gasteiger partial charge in [-0.3, -0.25) is 4.79 Å². The van der Waals surface area contributed by atoms with Crippen molar-refractivity contribution in [3.05, 3.63) is 90.0 Å². The first-order chi connectivity index (χ1) is 14.6. The van der Waals surface area contributed by atoms with E-state index >= 15 is 0 Å². The molecule has 0 aliphatic carbocycles. The van der Waals surface area contributed by atoms with Crippen molar-refractivity contribution < 1.29 is 18.7 Å². The second-order valence-corrected chi connectivity index (χ2v) is 6.55. The maximum absolute atomic E-state index is 12.4. The third-order valence-corrected chi connectivity index (χ3v) is 4.52. The zero-order valence-electron chi connectivity index (χ0n) is 16.2. The lowest BCUT2D eigenvalue weighted by atomic mass is 10.1. The van der Waals surface area contributed by atoms with Crippen LogP contribution in [0.4, 0.5) is 0 Å². The molecule has 0 saturated heterocycles. The SMILES string of the molecule is CCC(=O)c1ccc(OC(=O)c2ccc(-c3nnc(-c4ccccc4)o3)cc2)cc1. The molecule has 148 valence electrons. The summed E-state index contributed by atoms with van der Waals surface area (Å²) >= 11 is 0. The number of ketones is 1. The van der Waals surface area contributed by atoms with Gasteiger partial charge in [0.05, 0.1) is 5.56 Å². The fourth-order valence-electron chi connectivity index (χ4n) is 2.87. The van der Waals surface area contributed by atoms with Crippen LogP contribution in [0.25, 0.3) is 22.9 Å². The molecule has 6 nitrogen and oxygen atoms in total. The summed E-state index contributed by atoms with van der Waals surface area (Å²) in [6.07, 6.45) is 0.429. The van der Waals surface area contributed by atoms with E-state index in [-0.39, 0.29) is 5.78 Å². The average Bonchev–Trinajstić information content (AvgIpc) is 3.30. The first-order valence-electron chi connectivity index (χ1n) is 9.49. The average molecular weight is 398 g/mol. The molecule has 1 aromatic heterocycles. The summed E-state index contributed by atoms with van der Waals surface area (Å²) in [5.41, 5.74) is 2.51. The van der Waals surface area contributed by atoms with E-state index in [2.05, 4.69) is 10.2 Å². The lowest BCUT2D eigenvalue weighted by Gasteiger charge is -2.05. The normalized spacial score (nSPS) is 10.6. The second kappa shape index (κ2) is 8.53. The number of hydrogen-bond acceptors (Lipinski definition) is 6. The number of aromatic nitrogens is 2. The van der Waals surface area contributed by atoms with Crippen molar-refractivity contribution in [2.75, 3.05) is 0 Å². The van der Waals surface area contributed by atoms with Crippen LogP contribution in [0, 0.1) is 0 Å². The van der Waals surface area contributed by atoms with Crippen molar-refractivity contribution in [1.82, 2.24) is 10.2 Å². The van der Waals surface area contributed by atoms with Crippen LogP contribution in [0.1, 0.15) is 34.1 Å². The van der Waals surface area contributed by atoms with E-state index in [1.54, 1.807) is 55.5 Å². The molecule has 0 N–H and O–H groups in total. The molecular weight excluding hydrogens is 380 g/mol. The smallest absolute Gasteiger partial charge is 0.343 e. The molecule has 0 amide bonds. The van der Waals surface area contributed by atoms with E-state index < -0.39 is 5.97 Å².